The van der Waals surface area contributed by atoms with Crippen LogP contribution in [0.4, 0.5) is 5.69 Å². The maximum absolute atomic E-state index is 13.2. The minimum atomic E-state index is -0.669. The molecule has 1 aliphatic rings. The van der Waals surface area contributed by atoms with Crippen molar-refractivity contribution in [3.05, 3.63) is 82.2 Å². The van der Waals surface area contributed by atoms with Gasteiger partial charge in [-0.15, -0.1) is 0 Å². The van der Waals surface area contributed by atoms with Gasteiger partial charge in [-0.05, 0) is 81.3 Å². The van der Waals surface area contributed by atoms with Crippen molar-refractivity contribution in [2.24, 2.45) is 0 Å². The first kappa shape index (κ1) is 29.2. The van der Waals surface area contributed by atoms with Crippen LogP contribution >= 0.6 is 0 Å². The molecule has 2 heterocycles. The van der Waals surface area contributed by atoms with Crippen LogP contribution in [-0.4, -0.2) is 45.2 Å². The molecule has 1 N–H and O–H groups in total. The lowest BCUT2D eigenvalue weighted by Crippen LogP contribution is -2.49. The lowest BCUT2D eigenvalue weighted by atomic mass is 9.94. The van der Waals surface area contributed by atoms with Gasteiger partial charge in [-0.1, -0.05) is 12.1 Å². The SMILES string of the molecule is COc1ccc(-c2cc(C(=O)Nc3cc4ccc(OC5CCC(OC)C(C)(C)O5)c(C)c4oc3=O)ccc2OC)cc1. The Balaban J connectivity index is 1.37. The zero-order chi connectivity index (χ0) is 30.0. The molecule has 0 aliphatic carbocycles. The molecule has 0 radical (unpaired) electrons. The third-order valence-electron chi connectivity index (χ3n) is 7.63. The van der Waals surface area contributed by atoms with Crippen molar-refractivity contribution in [1.29, 1.82) is 0 Å². The molecule has 2 unspecified atom stereocenters. The van der Waals surface area contributed by atoms with Crippen molar-refractivity contribution in [3.8, 4) is 28.4 Å². The number of hydrogen-bond donors (Lipinski definition) is 1. The van der Waals surface area contributed by atoms with Crippen LogP contribution in [0.15, 0.2) is 69.9 Å². The van der Waals surface area contributed by atoms with Gasteiger partial charge in [0.05, 0.1) is 25.9 Å². The summed E-state index contributed by atoms with van der Waals surface area (Å²) < 4.78 is 34.3. The maximum atomic E-state index is 13.2. The lowest BCUT2D eigenvalue weighted by Gasteiger charge is -2.41. The molecule has 1 aliphatic heterocycles. The number of aryl methyl sites for hydroxylation is 1. The summed E-state index contributed by atoms with van der Waals surface area (Å²) in [5, 5.41) is 3.35. The van der Waals surface area contributed by atoms with Crippen molar-refractivity contribution in [2.45, 2.75) is 51.6 Å². The lowest BCUT2D eigenvalue weighted by molar-refractivity contribution is -0.233. The fraction of sp³-hybridized carbons (Fsp3) is 0.333. The molecule has 42 heavy (non-hydrogen) atoms. The minimum Gasteiger partial charge on any atom is -0.497 e. The molecule has 0 spiro atoms. The number of carbonyl (C=O) groups excluding carboxylic acids is 1. The Bertz CT molecular complexity index is 1660. The Morgan fingerprint density at radius 3 is 2.33 bits per heavy atom. The van der Waals surface area contributed by atoms with Crippen LogP contribution in [0, 0.1) is 6.92 Å². The molecule has 4 aromatic rings. The van der Waals surface area contributed by atoms with Gasteiger partial charge in [0.2, 0.25) is 6.29 Å². The first-order valence-electron chi connectivity index (χ1n) is 13.7. The van der Waals surface area contributed by atoms with Crippen LogP contribution < -0.4 is 25.2 Å². The van der Waals surface area contributed by atoms with Crippen LogP contribution in [0.3, 0.4) is 0 Å². The summed E-state index contributed by atoms with van der Waals surface area (Å²) in [4.78, 5) is 26.2. The predicted molar refractivity (Wildman–Crippen MR) is 160 cm³/mol. The average Bonchev–Trinajstić information content (AvgIpc) is 2.98. The van der Waals surface area contributed by atoms with Gasteiger partial charge in [0, 0.05) is 35.6 Å². The van der Waals surface area contributed by atoms with E-state index in [2.05, 4.69) is 5.32 Å². The van der Waals surface area contributed by atoms with Crippen LogP contribution in [0.25, 0.3) is 22.1 Å². The second-order valence-corrected chi connectivity index (χ2v) is 10.7. The fourth-order valence-electron chi connectivity index (χ4n) is 5.30. The molecule has 2 atom stereocenters. The molecule has 9 heteroatoms. The van der Waals surface area contributed by atoms with Gasteiger partial charge >= 0.3 is 5.63 Å². The molecule has 1 fully saturated rings. The van der Waals surface area contributed by atoms with Crippen LogP contribution in [0.2, 0.25) is 0 Å². The second kappa shape index (κ2) is 11.9. The van der Waals surface area contributed by atoms with E-state index in [4.69, 9.17) is 28.1 Å². The highest BCUT2D eigenvalue weighted by Gasteiger charge is 2.39. The molecule has 0 saturated carbocycles. The van der Waals surface area contributed by atoms with Gasteiger partial charge in [-0.25, -0.2) is 4.79 Å². The smallest absolute Gasteiger partial charge is 0.360 e. The van der Waals surface area contributed by atoms with Crippen molar-refractivity contribution >= 4 is 22.6 Å². The summed E-state index contributed by atoms with van der Waals surface area (Å²) in [7, 11) is 4.85. The zero-order valence-corrected chi connectivity index (χ0v) is 24.6. The number of amides is 1. The third kappa shape index (κ3) is 5.84. The number of rotatable bonds is 8. The predicted octanol–water partition coefficient (Wildman–Crippen LogP) is 6.35. The molecular weight excluding hydrogens is 538 g/mol. The highest BCUT2D eigenvalue weighted by Crippen LogP contribution is 2.35. The Morgan fingerprint density at radius 2 is 1.67 bits per heavy atom. The molecular formula is C33H35NO8. The van der Waals surface area contributed by atoms with Crippen molar-refractivity contribution in [2.75, 3.05) is 26.6 Å². The van der Waals surface area contributed by atoms with Gasteiger partial charge in [0.15, 0.2) is 0 Å². The Labute approximate surface area is 244 Å². The zero-order valence-electron chi connectivity index (χ0n) is 24.6. The number of nitrogens with one attached hydrogen (secondary N) is 1. The van der Waals surface area contributed by atoms with E-state index in [1.165, 1.54) is 0 Å². The summed E-state index contributed by atoms with van der Waals surface area (Å²) in [5.74, 6) is 1.43. The number of benzene rings is 3. The second-order valence-electron chi connectivity index (χ2n) is 10.7. The molecule has 9 nitrogen and oxygen atoms in total. The van der Waals surface area contributed by atoms with Gasteiger partial charge in [-0.2, -0.15) is 0 Å². The quantitative estimate of drug-likeness (QED) is 0.243. The Hall–Kier alpha value is -4.34. The standard InChI is InChI=1S/C33H35NO8/c1-19-26(40-29-16-15-28(39-6)33(2,3)42-29)13-9-21-18-25(32(36)41-30(19)21)34-31(35)22-10-14-27(38-5)24(17-22)20-7-11-23(37-4)12-8-20/h7-14,17-18,28-29H,15-16H2,1-6H3,(H,34,35). The number of fused-ring (bicyclic) bond motifs is 1. The van der Waals surface area contributed by atoms with E-state index in [-0.39, 0.29) is 11.8 Å². The Morgan fingerprint density at radius 1 is 0.929 bits per heavy atom. The summed E-state index contributed by atoms with van der Waals surface area (Å²) in [5.41, 5.74) is 1.84. The van der Waals surface area contributed by atoms with Gasteiger partial charge in [0.25, 0.3) is 5.91 Å². The normalized spacial score (nSPS) is 18.0. The highest BCUT2D eigenvalue weighted by atomic mass is 16.7. The average molecular weight is 574 g/mol. The van der Waals surface area contributed by atoms with Crippen LogP contribution in [-0.2, 0) is 9.47 Å². The van der Waals surface area contributed by atoms with Crippen molar-refractivity contribution < 1.29 is 32.9 Å². The summed E-state index contributed by atoms with van der Waals surface area (Å²) >= 11 is 0. The van der Waals surface area contributed by atoms with Crippen molar-refractivity contribution in [3.63, 3.8) is 0 Å². The van der Waals surface area contributed by atoms with E-state index < -0.39 is 23.4 Å². The van der Waals surface area contributed by atoms with E-state index in [1.807, 2.05) is 51.1 Å². The summed E-state index contributed by atoms with van der Waals surface area (Å²) in [6, 6.07) is 17.7. The number of hydrogen-bond acceptors (Lipinski definition) is 8. The summed E-state index contributed by atoms with van der Waals surface area (Å²) in [6.45, 7) is 5.78. The number of anilines is 1. The van der Waals surface area contributed by atoms with Crippen molar-refractivity contribution in [1.82, 2.24) is 0 Å². The van der Waals surface area contributed by atoms with E-state index in [0.29, 0.717) is 40.0 Å². The summed E-state index contributed by atoms with van der Waals surface area (Å²) in [6.07, 6.45) is 0.989. The third-order valence-corrected chi connectivity index (χ3v) is 7.63. The molecule has 5 rings (SSSR count). The number of ether oxygens (including phenoxy) is 5. The molecule has 220 valence electrons. The molecule has 3 aromatic carbocycles. The molecule has 0 bridgehead atoms. The van der Waals surface area contributed by atoms with E-state index in [0.717, 1.165) is 23.3 Å². The van der Waals surface area contributed by atoms with Crippen LogP contribution in [0.5, 0.6) is 17.2 Å². The molecule has 1 amide bonds. The molecule has 1 saturated heterocycles. The topological polar surface area (TPSA) is 105 Å². The number of carbonyl (C=O) groups is 1. The Kier molecular flexibility index (Phi) is 8.24. The first-order valence-corrected chi connectivity index (χ1v) is 13.7. The number of methoxy groups -OCH3 is 3. The maximum Gasteiger partial charge on any atom is 0.360 e. The van der Waals surface area contributed by atoms with Gasteiger partial charge in [-0.3, -0.25) is 4.79 Å². The minimum absolute atomic E-state index is 0.0198. The van der Waals surface area contributed by atoms with Gasteiger partial charge < -0.3 is 33.4 Å². The largest absolute Gasteiger partial charge is 0.497 e. The monoisotopic (exact) mass is 573 g/mol. The van der Waals surface area contributed by atoms with E-state index in [1.54, 1.807) is 51.7 Å². The van der Waals surface area contributed by atoms with Crippen LogP contribution in [0.1, 0.15) is 42.6 Å². The molecule has 1 aromatic heterocycles. The van der Waals surface area contributed by atoms with Gasteiger partial charge in [0.1, 0.15) is 28.5 Å². The van der Waals surface area contributed by atoms with E-state index >= 15 is 0 Å². The fourth-order valence-corrected chi connectivity index (χ4v) is 5.30. The van der Waals surface area contributed by atoms with E-state index in [9.17, 15) is 9.59 Å². The first-order chi connectivity index (χ1) is 20.1. The highest BCUT2D eigenvalue weighted by molar-refractivity contribution is 6.05.